The number of methoxy groups -OCH3 is 1. The highest BCUT2D eigenvalue weighted by molar-refractivity contribution is 7.22. The standard InChI is InChI=1S/C11H13N3O2S.ClH/c1-12-6-10(15)14-11-13-8-4-3-7(16-2)5-9(8)17-11;/h3-5,12H,6H2,1-2H3,(H,13,14,15);1H. The van der Waals surface area contributed by atoms with Crippen molar-refractivity contribution in [2.75, 3.05) is 26.0 Å². The fourth-order valence-corrected chi connectivity index (χ4v) is 2.32. The first kappa shape index (κ1) is 14.7. The molecule has 0 aliphatic carbocycles. The van der Waals surface area contributed by atoms with Gasteiger partial charge >= 0.3 is 0 Å². The number of nitrogens with zero attached hydrogens (tertiary/aromatic N) is 1. The Bertz CT molecular complexity index is 544. The lowest BCUT2D eigenvalue weighted by Gasteiger charge is -1.98. The Morgan fingerprint density at radius 1 is 1.50 bits per heavy atom. The number of carbonyl (C=O) groups is 1. The predicted octanol–water partition coefficient (Wildman–Crippen LogP) is 1.88. The summed E-state index contributed by atoms with van der Waals surface area (Å²) >= 11 is 1.43. The fraction of sp³-hybridized carbons (Fsp3) is 0.273. The molecule has 2 aromatic rings. The van der Waals surface area contributed by atoms with Gasteiger partial charge in [-0.2, -0.15) is 0 Å². The van der Waals surface area contributed by atoms with Crippen LogP contribution in [0.15, 0.2) is 18.2 Å². The van der Waals surface area contributed by atoms with Gasteiger partial charge in [0.1, 0.15) is 5.75 Å². The van der Waals surface area contributed by atoms with E-state index in [-0.39, 0.29) is 24.9 Å². The lowest BCUT2D eigenvalue weighted by molar-refractivity contribution is -0.115. The van der Waals surface area contributed by atoms with Crippen molar-refractivity contribution in [2.45, 2.75) is 0 Å². The van der Waals surface area contributed by atoms with Crippen molar-refractivity contribution in [1.82, 2.24) is 10.3 Å². The smallest absolute Gasteiger partial charge is 0.240 e. The minimum Gasteiger partial charge on any atom is -0.497 e. The van der Waals surface area contributed by atoms with Gasteiger partial charge in [0.25, 0.3) is 0 Å². The van der Waals surface area contributed by atoms with Crippen LogP contribution < -0.4 is 15.4 Å². The Hall–Kier alpha value is -1.37. The predicted molar refractivity (Wildman–Crippen MR) is 76.0 cm³/mol. The molecular weight excluding hydrogens is 274 g/mol. The van der Waals surface area contributed by atoms with Crippen molar-refractivity contribution in [3.8, 4) is 5.75 Å². The largest absolute Gasteiger partial charge is 0.497 e. The SMILES string of the molecule is CNCC(=O)Nc1nc2ccc(OC)cc2s1.Cl. The molecule has 0 spiro atoms. The van der Waals surface area contributed by atoms with Crippen molar-refractivity contribution < 1.29 is 9.53 Å². The maximum Gasteiger partial charge on any atom is 0.240 e. The van der Waals surface area contributed by atoms with E-state index < -0.39 is 0 Å². The molecule has 2 rings (SSSR count). The van der Waals surface area contributed by atoms with Crippen LogP contribution >= 0.6 is 23.7 Å². The van der Waals surface area contributed by atoms with Gasteiger partial charge in [0, 0.05) is 0 Å². The summed E-state index contributed by atoms with van der Waals surface area (Å²) in [5.74, 6) is 0.688. The molecule has 0 atom stereocenters. The van der Waals surface area contributed by atoms with Crippen LogP contribution in [0.25, 0.3) is 10.2 Å². The van der Waals surface area contributed by atoms with Crippen LogP contribution in [0.4, 0.5) is 5.13 Å². The molecule has 2 N–H and O–H groups in total. The highest BCUT2D eigenvalue weighted by atomic mass is 35.5. The molecule has 7 heteroatoms. The number of nitrogens with one attached hydrogen (secondary N) is 2. The number of hydrogen-bond donors (Lipinski definition) is 2. The summed E-state index contributed by atoms with van der Waals surface area (Å²) in [5.41, 5.74) is 0.857. The molecule has 98 valence electrons. The summed E-state index contributed by atoms with van der Waals surface area (Å²) in [6.45, 7) is 0.277. The molecule has 0 fully saturated rings. The van der Waals surface area contributed by atoms with E-state index in [1.165, 1.54) is 11.3 Å². The molecule has 0 aliphatic heterocycles. The molecule has 0 aliphatic rings. The van der Waals surface area contributed by atoms with Crippen molar-refractivity contribution in [3.63, 3.8) is 0 Å². The topological polar surface area (TPSA) is 63.2 Å². The maximum atomic E-state index is 11.4. The van der Waals surface area contributed by atoms with Crippen LogP contribution in [-0.2, 0) is 4.79 Å². The average Bonchev–Trinajstić information content (AvgIpc) is 2.69. The molecule has 0 saturated carbocycles. The number of anilines is 1. The van der Waals surface area contributed by atoms with E-state index in [1.807, 2.05) is 18.2 Å². The maximum absolute atomic E-state index is 11.4. The van der Waals surface area contributed by atoms with Gasteiger partial charge in [-0.15, -0.1) is 12.4 Å². The van der Waals surface area contributed by atoms with Gasteiger partial charge in [-0.25, -0.2) is 4.98 Å². The molecule has 1 amide bonds. The number of amides is 1. The van der Waals surface area contributed by atoms with Crippen LogP contribution in [0.1, 0.15) is 0 Å². The number of thiazole rings is 1. The first-order valence-corrected chi connectivity index (χ1v) is 5.93. The van der Waals surface area contributed by atoms with Gasteiger partial charge in [-0.1, -0.05) is 11.3 Å². The van der Waals surface area contributed by atoms with Gasteiger partial charge in [-0.3, -0.25) is 4.79 Å². The molecule has 0 saturated heterocycles. The Morgan fingerprint density at radius 2 is 2.28 bits per heavy atom. The highest BCUT2D eigenvalue weighted by Gasteiger charge is 2.07. The van der Waals surface area contributed by atoms with Gasteiger partial charge in [-0.05, 0) is 25.2 Å². The zero-order chi connectivity index (χ0) is 12.3. The van der Waals surface area contributed by atoms with Crippen molar-refractivity contribution >= 4 is 45.0 Å². The summed E-state index contributed by atoms with van der Waals surface area (Å²) < 4.78 is 6.12. The van der Waals surface area contributed by atoms with E-state index in [0.717, 1.165) is 16.0 Å². The van der Waals surface area contributed by atoms with Crippen LogP contribution in [0.2, 0.25) is 0 Å². The van der Waals surface area contributed by atoms with E-state index in [2.05, 4.69) is 15.6 Å². The van der Waals surface area contributed by atoms with Crippen molar-refractivity contribution in [1.29, 1.82) is 0 Å². The first-order valence-electron chi connectivity index (χ1n) is 5.12. The van der Waals surface area contributed by atoms with Crippen molar-refractivity contribution in [3.05, 3.63) is 18.2 Å². The molecular formula is C11H14ClN3O2S. The van der Waals surface area contributed by atoms with Crippen LogP contribution in [0.5, 0.6) is 5.75 Å². The van der Waals surface area contributed by atoms with Crippen molar-refractivity contribution in [2.24, 2.45) is 0 Å². The Morgan fingerprint density at radius 3 is 2.94 bits per heavy atom. The lowest BCUT2D eigenvalue weighted by atomic mass is 10.3. The molecule has 0 bridgehead atoms. The summed E-state index contributed by atoms with van der Waals surface area (Å²) in [5, 5.41) is 6.12. The number of hydrogen-bond acceptors (Lipinski definition) is 5. The van der Waals surface area contributed by atoms with Crippen LogP contribution in [0, 0.1) is 0 Å². The molecule has 1 aromatic carbocycles. The van der Waals surface area contributed by atoms with Crippen LogP contribution in [0.3, 0.4) is 0 Å². The van der Waals surface area contributed by atoms with Crippen LogP contribution in [-0.4, -0.2) is 31.6 Å². The quantitative estimate of drug-likeness (QED) is 0.901. The number of rotatable bonds is 4. The van der Waals surface area contributed by atoms with Gasteiger partial charge < -0.3 is 15.4 Å². The summed E-state index contributed by atoms with van der Waals surface area (Å²) in [6, 6.07) is 5.63. The highest BCUT2D eigenvalue weighted by Crippen LogP contribution is 2.28. The first-order chi connectivity index (χ1) is 8.22. The third-order valence-electron chi connectivity index (χ3n) is 2.18. The second-order valence-electron chi connectivity index (χ2n) is 3.43. The Kier molecular flexibility index (Phi) is 5.33. The number of aromatic nitrogens is 1. The van der Waals surface area contributed by atoms with E-state index in [4.69, 9.17) is 4.74 Å². The Labute approximate surface area is 115 Å². The second-order valence-corrected chi connectivity index (χ2v) is 4.46. The summed E-state index contributed by atoms with van der Waals surface area (Å²) in [4.78, 5) is 15.7. The minimum atomic E-state index is -0.0986. The second kappa shape index (κ2) is 6.53. The van der Waals surface area contributed by atoms with Gasteiger partial charge in [0.05, 0.1) is 23.9 Å². The number of carbonyl (C=O) groups excluding carboxylic acids is 1. The van der Waals surface area contributed by atoms with Gasteiger partial charge in [0.2, 0.25) is 5.91 Å². The fourth-order valence-electron chi connectivity index (χ4n) is 1.41. The zero-order valence-corrected chi connectivity index (χ0v) is 11.7. The molecule has 5 nitrogen and oxygen atoms in total. The zero-order valence-electron chi connectivity index (χ0n) is 10.0. The number of likely N-dealkylation sites (N-methyl/N-ethyl adjacent to an activating group) is 1. The number of fused-ring (bicyclic) bond motifs is 1. The number of halogens is 1. The number of benzene rings is 1. The lowest BCUT2D eigenvalue weighted by Crippen LogP contribution is -2.24. The van der Waals surface area contributed by atoms with E-state index >= 15 is 0 Å². The number of ether oxygens (including phenoxy) is 1. The third kappa shape index (κ3) is 3.32. The molecule has 0 radical (unpaired) electrons. The summed E-state index contributed by atoms with van der Waals surface area (Å²) in [6.07, 6.45) is 0. The molecule has 1 heterocycles. The monoisotopic (exact) mass is 287 g/mol. The Balaban J connectivity index is 0.00000162. The minimum absolute atomic E-state index is 0. The van der Waals surface area contributed by atoms with E-state index in [0.29, 0.717) is 5.13 Å². The third-order valence-corrected chi connectivity index (χ3v) is 3.11. The molecule has 18 heavy (non-hydrogen) atoms. The van der Waals surface area contributed by atoms with Gasteiger partial charge in [0.15, 0.2) is 5.13 Å². The average molecular weight is 288 g/mol. The van der Waals surface area contributed by atoms with E-state index in [1.54, 1.807) is 14.2 Å². The molecule has 1 aromatic heterocycles. The summed E-state index contributed by atoms with van der Waals surface area (Å²) in [7, 11) is 3.35. The van der Waals surface area contributed by atoms with E-state index in [9.17, 15) is 4.79 Å². The normalized spacial score (nSPS) is 9.89. The molecule has 0 unspecified atom stereocenters.